The van der Waals surface area contributed by atoms with Gasteiger partial charge in [0.25, 0.3) is 0 Å². The van der Waals surface area contributed by atoms with Gasteiger partial charge in [0.1, 0.15) is 0 Å². The molecule has 0 spiro atoms. The van der Waals surface area contributed by atoms with Gasteiger partial charge >= 0.3 is 0 Å². The highest BCUT2D eigenvalue weighted by atomic mass is 32.2. The SMILES string of the molecule is Cc1ccc(N)cc1S(=O)(=O)NCC1CCC1. The van der Waals surface area contributed by atoms with E-state index < -0.39 is 10.0 Å². The summed E-state index contributed by atoms with van der Waals surface area (Å²) in [5.74, 6) is 0.506. The van der Waals surface area contributed by atoms with Crippen LogP contribution in [0.1, 0.15) is 24.8 Å². The number of nitrogens with one attached hydrogen (secondary N) is 1. The number of benzene rings is 1. The molecule has 5 heteroatoms. The van der Waals surface area contributed by atoms with E-state index in [0.29, 0.717) is 18.2 Å². The Bertz CT molecular complexity index is 507. The Labute approximate surface area is 102 Å². The van der Waals surface area contributed by atoms with Crippen LogP contribution in [0, 0.1) is 12.8 Å². The molecular formula is C12H18N2O2S. The van der Waals surface area contributed by atoms with Crippen molar-refractivity contribution in [1.29, 1.82) is 0 Å². The maximum Gasteiger partial charge on any atom is 0.240 e. The summed E-state index contributed by atoms with van der Waals surface area (Å²) in [5.41, 5.74) is 6.82. The van der Waals surface area contributed by atoms with Crippen LogP contribution in [-0.4, -0.2) is 15.0 Å². The van der Waals surface area contributed by atoms with Gasteiger partial charge in [0.2, 0.25) is 10.0 Å². The normalized spacial score (nSPS) is 16.8. The van der Waals surface area contributed by atoms with Crippen molar-refractivity contribution >= 4 is 15.7 Å². The molecule has 1 aromatic rings. The molecule has 1 aromatic carbocycles. The van der Waals surface area contributed by atoms with Crippen LogP contribution in [0.25, 0.3) is 0 Å². The minimum absolute atomic E-state index is 0.289. The third-order valence-electron chi connectivity index (χ3n) is 3.29. The van der Waals surface area contributed by atoms with Crippen molar-refractivity contribution in [2.24, 2.45) is 5.92 Å². The molecule has 1 aliphatic carbocycles. The minimum atomic E-state index is -3.41. The molecule has 17 heavy (non-hydrogen) atoms. The largest absolute Gasteiger partial charge is 0.399 e. The highest BCUT2D eigenvalue weighted by Crippen LogP contribution is 2.26. The highest BCUT2D eigenvalue weighted by molar-refractivity contribution is 7.89. The van der Waals surface area contributed by atoms with Gasteiger partial charge in [-0.3, -0.25) is 0 Å². The van der Waals surface area contributed by atoms with Gasteiger partial charge in [-0.15, -0.1) is 0 Å². The Kier molecular flexibility index (Phi) is 3.40. The molecule has 0 aliphatic heterocycles. The second-order valence-corrected chi connectivity index (χ2v) is 6.41. The summed E-state index contributed by atoms with van der Waals surface area (Å²) < 4.78 is 26.8. The van der Waals surface area contributed by atoms with Crippen molar-refractivity contribution in [3.8, 4) is 0 Å². The quantitative estimate of drug-likeness (QED) is 0.803. The monoisotopic (exact) mass is 254 g/mol. The van der Waals surface area contributed by atoms with Crippen LogP contribution in [0.4, 0.5) is 5.69 Å². The summed E-state index contributed by atoms with van der Waals surface area (Å²) in [4.78, 5) is 0.289. The van der Waals surface area contributed by atoms with E-state index in [-0.39, 0.29) is 4.90 Å². The molecule has 0 amide bonds. The summed E-state index contributed by atoms with van der Waals surface area (Å²) in [7, 11) is -3.41. The van der Waals surface area contributed by atoms with Crippen LogP contribution in [0.3, 0.4) is 0 Å². The first-order valence-electron chi connectivity index (χ1n) is 5.85. The molecule has 0 unspecified atom stereocenters. The van der Waals surface area contributed by atoms with Gasteiger partial charge in [0, 0.05) is 12.2 Å². The number of nitrogens with two attached hydrogens (primary N) is 1. The fourth-order valence-electron chi connectivity index (χ4n) is 1.91. The average Bonchev–Trinajstić information content (AvgIpc) is 2.19. The summed E-state index contributed by atoms with van der Waals surface area (Å²) >= 11 is 0. The van der Waals surface area contributed by atoms with Crippen LogP contribution in [0.15, 0.2) is 23.1 Å². The smallest absolute Gasteiger partial charge is 0.240 e. The van der Waals surface area contributed by atoms with Gasteiger partial charge in [-0.2, -0.15) is 0 Å². The van der Waals surface area contributed by atoms with Crippen LogP contribution < -0.4 is 10.5 Å². The van der Waals surface area contributed by atoms with E-state index in [1.807, 2.05) is 0 Å². The predicted octanol–water partition coefficient (Wildman–Crippen LogP) is 1.66. The van der Waals surface area contributed by atoms with Gasteiger partial charge in [0.15, 0.2) is 0 Å². The number of aryl methyl sites for hydroxylation is 1. The maximum atomic E-state index is 12.1. The second kappa shape index (κ2) is 4.66. The van der Waals surface area contributed by atoms with Gasteiger partial charge in [-0.1, -0.05) is 12.5 Å². The third-order valence-corrected chi connectivity index (χ3v) is 4.85. The lowest BCUT2D eigenvalue weighted by molar-refractivity contribution is 0.316. The summed E-state index contributed by atoms with van der Waals surface area (Å²) in [6.07, 6.45) is 3.46. The number of nitrogen functional groups attached to an aromatic ring is 1. The Morgan fingerprint density at radius 2 is 2.12 bits per heavy atom. The van der Waals surface area contributed by atoms with E-state index in [2.05, 4.69) is 4.72 Å². The van der Waals surface area contributed by atoms with Crippen LogP contribution in [-0.2, 0) is 10.0 Å². The Morgan fingerprint density at radius 1 is 1.41 bits per heavy atom. The molecule has 4 nitrogen and oxygen atoms in total. The van der Waals surface area contributed by atoms with Gasteiger partial charge < -0.3 is 5.73 Å². The first-order chi connectivity index (χ1) is 7.99. The molecule has 0 radical (unpaired) electrons. The summed E-state index contributed by atoms with van der Waals surface area (Å²) in [6.45, 7) is 2.31. The fourth-order valence-corrected chi connectivity index (χ4v) is 3.30. The molecule has 3 N–H and O–H groups in total. The number of rotatable bonds is 4. The molecule has 2 rings (SSSR count). The molecule has 1 fully saturated rings. The number of hydrogen-bond donors (Lipinski definition) is 2. The molecule has 1 saturated carbocycles. The Morgan fingerprint density at radius 3 is 2.71 bits per heavy atom. The molecule has 0 bridgehead atoms. The Balaban J connectivity index is 2.15. The standard InChI is InChI=1S/C12H18N2O2S/c1-9-5-6-11(13)7-12(9)17(15,16)14-8-10-3-2-4-10/h5-7,10,14H,2-4,8,13H2,1H3. The number of hydrogen-bond acceptors (Lipinski definition) is 3. The molecule has 1 aliphatic rings. The molecule has 0 saturated heterocycles. The average molecular weight is 254 g/mol. The zero-order valence-corrected chi connectivity index (χ0v) is 10.8. The van der Waals surface area contributed by atoms with Crippen molar-refractivity contribution in [3.63, 3.8) is 0 Å². The van der Waals surface area contributed by atoms with Gasteiger partial charge in [0.05, 0.1) is 4.90 Å². The third kappa shape index (κ3) is 2.79. The zero-order valence-electron chi connectivity index (χ0n) is 9.94. The van der Waals surface area contributed by atoms with Crippen molar-refractivity contribution < 1.29 is 8.42 Å². The zero-order chi connectivity index (χ0) is 12.5. The first-order valence-corrected chi connectivity index (χ1v) is 7.33. The van der Waals surface area contributed by atoms with E-state index in [4.69, 9.17) is 5.73 Å². The van der Waals surface area contributed by atoms with Crippen LogP contribution in [0.2, 0.25) is 0 Å². The minimum Gasteiger partial charge on any atom is -0.399 e. The van der Waals surface area contributed by atoms with Crippen molar-refractivity contribution in [2.75, 3.05) is 12.3 Å². The summed E-state index contributed by atoms with van der Waals surface area (Å²) in [5, 5.41) is 0. The molecular weight excluding hydrogens is 236 g/mol. The highest BCUT2D eigenvalue weighted by Gasteiger charge is 2.22. The van der Waals surface area contributed by atoms with E-state index >= 15 is 0 Å². The van der Waals surface area contributed by atoms with E-state index in [0.717, 1.165) is 18.4 Å². The molecule has 0 atom stereocenters. The van der Waals surface area contributed by atoms with Crippen molar-refractivity contribution in [3.05, 3.63) is 23.8 Å². The maximum absolute atomic E-state index is 12.1. The van der Waals surface area contributed by atoms with E-state index in [1.54, 1.807) is 19.1 Å². The van der Waals surface area contributed by atoms with Gasteiger partial charge in [-0.05, 0) is 43.4 Å². The van der Waals surface area contributed by atoms with Crippen molar-refractivity contribution in [1.82, 2.24) is 4.72 Å². The molecule has 0 heterocycles. The summed E-state index contributed by atoms with van der Waals surface area (Å²) in [6, 6.07) is 4.95. The predicted molar refractivity (Wildman–Crippen MR) is 68.1 cm³/mol. The van der Waals surface area contributed by atoms with Gasteiger partial charge in [-0.25, -0.2) is 13.1 Å². The number of sulfonamides is 1. The van der Waals surface area contributed by atoms with E-state index in [9.17, 15) is 8.42 Å². The molecule has 94 valence electrons. The Hall–Kier alpha value is -1.07. The first kappa shape index (κ1) is 12.4. The lowest BCUT2D eigenvalue weighted by Crippen LogP contribution is -2.32. The molecule has 0 aromatic heterocycles. The second-order valence-electron chi connectivity index (χ2n) is 4.67. The van der Waals surface area contributed by atoms with Crippen LogP contribution >= 0.6 is 0 Å². The lowest BCUT2D eigenvalue weighted by atomic mass is 9.86. The van der Waals surface area contributed by atoms with Crippen molar-refractivity contribution in [2.45, 2.75) is 31.1 Å². The lowest BCUT2D eigenvalue weighted by Gasteiger charge is -2.25. The number of anilines is 1. The van der Waals surface area contributed by atoms with E-state index in [1.165, 1.54) is 12.5 Å². The fraction of sp³-hybridized carbons (Fsp3) is 0.500. The topological polar surface area (TPSA) is 72.2 Å². The van der Waals surface area contributed by atoms with Crippen LogP contribution in [0.5, 0.6) is 0 Å².